The van der Waals surface area contributed by atoms with Gasteiger partial charge in [0.15, 0.2) is 0 Å². The second kappa shape index (κ2) is 7.93. The third-order valence-electron chi connectivity index (χ3n) is 4.06. The standard InChI is InChI=1S/C17H24ClFN2O/c1-12-8-13(2)11-21(10-12)7-3-6-20-17(22)15-5-4-14(19)9-16(15)18/h4-5,9,12-13H,3,6-8,10-11H2,1-2H3,(H,20,22)/t12-,13+. The SMILES string of the molecule is C[C@@H]1C[C@H](C)CN(CCCNC(=O)c2ccc(F)cc2Cl)C1. The molecule has 0 aromatic heterocycles. The van der Waals surface area contributed by atoms with Crippen LogP contribution in [-0.4, -0.2) is 37.0 Å². The number of nitrogens with one attached hydrogen (secondary N) is 1. The molecule has 0 spiro atoms. The van der Waals surface area contributed by atoms with E-state index in [-0.39, 0.29) is 10.9 Å². The summed E-state index contributed by atoms with van der Waals surface area (Å²) in [4.78, 5) is 14.5. The minimum Gasteiger partial charge on any atom is -0.352 e. The summed E-state index contributed by atoms with van der Waals surface area (Å²) >= 11 is 5.88. The fraction of sp³-hybridized carbons (Fsp3) is 0.588. The van der Waals surface area contributed by atoms with E-state index in [4.69, 9.17) is 11.6 Å². The van der Waals surface area contributed by atoms with Gasteiger partial charge in [-0.15, -0.1) is 0 Å². The average molecular weight is 327 g/mol. The molecule has 2 atom stereocenters. The average Bonchev–Trinajstić information content (AvgIpc) is 2.42. The number of likely N-dealkylation sites (tertiary alicyclic amines) is 1. The van der Waals surface area contributed by atoms with Crippen molar-refractivity contribution in [3.8, 4) is 0 Å². The molecule has 0 radical (unpaired) electrons. The summed E-state index contributed by atoms with van der Waals surface area (Å²) in [7, 11) is 0. The third kappa shape index (κ3) is 4.96. The van der Waals surface area contributed by atoms with E-state index < -0.39 is 5.82 Å². The summed E-state index contributed by atoms with van der Waals surface area (Å²) in [5.41, 5.74) is 0.322. The van der Waals surface area contributed by atoms with Gasteiger partial charge in [0, 0.05) is 19.6 Å². The first-order valence-corrected chi connectivity index (χ1v) is 8.29. The van der Waals surface area contributed by atoms with Crippen molar-refractivity contribution in [3.63, 3.8) is 0 Å². The Morgan fingerprint density at radius 3 is 2.68 bits per heavy atom. The highest BCUT2D eigenvalue weighted by molar-refractivity contribution is 6.33. The smallest absolute Gasteiger partial charge is 0.252 e. The molecule has 1 heterocycles. The fourth-order valence-electron chi connectivity index (χ4n) is 3.25. The summed E-state index contributed by atoms with van der Waals surface area (Å²) in [6, 6.07) is 3.82. The van der Waals surface area contributed by atoms with Gasteiger partial charge in [0.2, 0.25) is 0 Å². The first-order chi connectivity index (χ1) is 10.5. The molecule has 1 saturated heterocycles. The summed E-state index contributed by atoms with van der Waals surface area (Å²) in [5.74, 6) is 0.813. The number of hydrogen-bond acceptors (Lipinski definition) is 2. The van der Waals surface area contributed by atoms with Crippen LogP contribution in [0.15, 0.2) is 18.2 Å². The maximum Gasteiger partial charge on any atom is 0.252 e. The highest BCUT2D eigenvalue weighted by atomic mass is 35.5. The zero-order valence-corrected chi connectivity index (χ0v) is 14.0. The molecule has 2 rings (SSSR count). The zero-order chi connectivity index (χ0) is 16.1. The molecule has 1 fully saturated rings. The van der Waals surface area contributed by atoms with Crippen molar-refractivity contribution in [2.75, 3.05) is 26.2 Å². The first-order valence-electron chi connectivity index (χ1n) is 7.91. The van der Waals surface area contributed by atoms with E-state index in [2.05, 4.69) is 24.1 Å². The van der Waals surface area contributed by atoms with Gasteiger partial charge >= 0.3 is 0 Å². The van der Waals surface area contributed by atoms with Crippen LogP contribution in [0.3, 0.4) is 0 Å². The molecule has 1 aliphatic rings. The Kier molecular flexibility index (Phi) is 6.21. The third-order valence-corrected chi connectivity index (χ3v) is 4.37. The van der Waals surface area contributed by atoms with E-state index in [1.54, 1.807) is 0 Å². The molecule has 0 saturated carbocycles. The molecule has 122 valence electrons. The van der Waals surface area contributed by atoms with E-state index in [0.29, 0.717) is 12.1 Å². The summed E-state index contributed by atoms with van der Waals surface area (Å²) < 4.78 is 13.0. The monoisotopic (exact) mass is 326 g/mol. The zero-order valence-electron chi connectivity index (χ0n) is 13.2. The van der Waals surface area contributed by atoms with Gasteiger partial charge in [-0.3, -0.25) is 4.79 Å². The van der Waals surface area contributed by atoms with E-state index in [0.717, 1.165) is 44.0 Å². The van der Waals surface area contributed by atoms with Gasteiger partial charge in [0.1, 0.15) is 5.82 Å². The summed E-state index contributed by atoms with van der Waals surface area (Å²) in [6.45, 7) is 8.46. The fourth-order valence-corrected chi connectivity index (χ4v) is 3.50. The van der Waals surface area contributed by atoms with Crippen LogP contribution in [0.2, 0.25) is 5.02 Å². The van der Waals surface area contributed by atoms with E-state index in [1.807, 2.05) is 0 Å². The van der Waals surface area contributed by atoms with E-state index >= 15 is 0 Å². The van der Waals surface area contributed by atoms with Crippen molar-refractivity contribution in [2.45, 2.75) is 26.7 Å². The van der Waals surface area contributed by atoms with E-state index in [9.17, 15) is 9.18 Å². The van der Waals surface area contributed by atoms with Crippen LogP contribution in [0.1, 0.15) is 37.0 Å². The Morgan fingerprint density at radius 1 is 1.36 bits per heavy atom. The molecule has 0 unspecified atom stereocenters. The van der Waals surface area contributed by atoms with Crippen molar-refractivity contribution < 1.29 is 9.18 Å². The predicted octanol–water partition coefficient (Wildman–Crippen LogP) is 3.58. The van der Waals surface area contributed by atoms with Crippen molar-refractivity contribution in [2.24, 2.45) is 11.8 Å². The first kappa shape index (κ1) is 17.2. The van der Waals surface area contributed by atoms with Crippen LogP contribution >= 0.6 is 11.6 Å². The topological polar surface area (TPSA) is 32.3 Å². The molecule has 0 aliphatic carbocycles. The lowest BCUT2D eigenvalue weighted by Crippen LogP contribution is -2.40. The highest BCUT2D eigenvalue weighted by Gasteiger charge is 2.21. The highest BCUT2D eigenvalue weighted by Crippen LogP contribution is 2.21. The minimum atomic E-state index is -0.435. The second-order valence-electron chi connectivity index (χ2n) is 6.44. The number of carbonyl (C=O) groups excluding carboxylic acids is 1. The molecule has 22 heavy (non-hydrogen) atoms. The van der Waals surface area contributed by atoms with Crippen molar-refractivity contribution in [1.82, 2.24) is 10.2 Å². The molecule has 0 bridgehead atoms. The van der Waals surface area contributed by atoms with Crippen LogP contribution in [0.5, 0.6) is 0 Å². The Balaban J connectivity index is 1.73. The van der Waals surface area contributed by atoms with Crippen molar-refractivity contribution in [3.05, 3.63) is 34.6 Å². The number of hydrogen-bond donors (Lipinski definition) is 1. The quantitative estimate of drug-likeness (QED) is 0.839. The number of rotatable bonds is 5. The molecular formula is C17H24ClFN2O. The van der Waals surface area contributed by atoms with Crippen molar-refractivity contribution >= 4 is 17.5 Å². The molecule has 1 aromatic carbocycles. The number of carbonyl (C=O) groups is 1. The minimum absolute atomic E-state index is 0.149. The molecule has 1 amide bonds. The number of nitrogens with zero attached hydrogens (tertiary/aromatic N) is 1. The van der Waals surface area contributed by atoms with Gasteiger partial charge in [-0.2, -0.15) is 0 Å². The number of piperidine rings is 1. The Labute approximate surface area is 136 Å². The Bertz CT molecular complexity index is 513. The number of benzene rings is 1. The lowest BCUT2D eigenvalue weighted by Gasteiger charge is -2.34. The number of halogens is 2. The van der Waals surface area contributed by atoms with Gasteiger partial charge in [-0.1, -0.05) is 25.4 Å². The normalized spacial score (nSPS) is 22.5. The Hall–Kier alpha value is -1.13. The molecule has 1 aromatic rings. The Morgan fingerprint density at radius 2 is 2.05 bits per heavy atom. The second-order valence-corrected chi connectivity index (χ2v) is 6.85. The summed E-state index contributed by atoms with van der Waals surface area (Å²) in [6.07, 6.45) is 2.21. The van der Waals surface area contributed by atoms with Crippen LogP contribution in [0, 0.1) is 17.7 Å². The lowest BCUT2D eigenvalue weighted by molar-refractivity contribution is 0.0947. The largest absolute Gasteiger partial charge is 0.352 e. The maximum atomic E-state index is 13.0. The number of amides is 1. The lowest BCUT2D eigenvalue weighted by atomic mass is 9.92. The van der Waals surface area contributed by atoms with Gasteiger partial charge in [0.25, 0.3) is 5.91 Å². The van der Waals surface area contributed by atoms with Gasteiger partial charge in [-0.05, 0) is 49.4 Å². The van der Waals surface area contributed by atoms with Crippen LogP contribution in [0.4, 0.5) is 4.39 Å². The molecule has 3 nitrogen and oxygen atoms in total. The predicted molar refractivity (Wildman–Crippen MR) is 87.7 cm³/mol. The van der Waals surface area contributed by atoms with Crippen LogP contribution < -0.4 is 5.32 Å². The van der Waals surface area contributed by atoms with Gasteiger partial charge in [0.05, 0.1) is 10.6 Å². The maximum absolute atomic E-state index is 13.0. The van der Waals surface area contributed by atoms with Gasteiger partial charge in [-0.25, -0.2) is 4.39 Å². The molecular weight excluding hydrogens is 303 g/mol. The molecule has 1 aliphatic heterocycles. The van der Waals surface area contributed by atoms with Gasteiger partial charge < -0.3 is 10.2 Å². The van der Waals surface area contributed by atoms with Crippen LogP contribution in [-0.2, 0) is 0 Å². The molecule has 5 heteroatoms. The van der Waals surface area contributed by atoms with Crippen molar-refractivity contribution in [1.29, 1.82) is 0 Å². The van der Waals surface area contributed by atoms with E-state index in [1.165, 1.54) is 18.6 Å². The van der Waals surface area contributed by atoms with Crippen LogP contribution in [0.25, 0.3) is 0 Å². The molecule has 1 N–H and O–H groups in total. The summed E-state index contributed by atoms with van der Waals surface area (Å²) in [5, 5.41) is 3.00.